The number of methoxy groups -OCH3 is 2. The second-order valence-electron chi connectivity index (χ2n) is 14.9. The van der Waals surface area contributed by atoms with Crippen LogP contribution in [0.15, 0.2) is 67.1 Å². The van der Waals surface area contributed by atoms with Crippen LogP contribution in [0.5, 0.6) is 0 Å². The van der Waals surface area contributed by atoms with Crippen molar-refractivity contribution in [2.24, 2.45) is 5.92 Å². The van der Waals surface area contributed by atoms with E-state index in [1.807, 2.05) is 57.3 Å². The molecular weight excluding hydrogens is 727 g/mol. The van der Waals surface area contributed by atoms with Crippen LogP contribution in [-0.2, 0) is 19.1 Å². The van der Waals surface area contributed by atoms with Gasteiger partial charge in [-0.25, -0.2) is 19.6 Å². The minimum absolute atomic E-state index is 0.108. The molecular formula is C42H49N9O6. The Bertz CT molecular complexity index is 2250. The zero-order chi connectivity index (χ0) is 40.2. The zero-order valence-corrected chi connectivity index (χ0v) is 32.9. The number of alkyl carbamates (subject to hydrolysis) is 2. The molecule has 2 aromatic carbocycles. The predicted molar refractivity (Wildman–Crippen MR) is 214 cm³/mol. The second-order valence-corrected chi connectivity index (χ2v) is 14.9. The summed E-state index contributed by atoms with van der Waals surface area (Å²) in [4.78, 5) is 75.3. The number of hydrogen-bond acceptors (Lipinski definition) is 9. The predicted octanol–water partition coefficient (Wildman–Crippen LogP) is 6.52. The van der Waals surface area contributed by atoms with Crippen molar-refractivity contribution in [1.82, 2.24) is 45.4 Å². The van der Waals surface area contributed by atoms with Crippen molar-refractivity contribution in [2.75, 3.05) is 27.3 Å². The maximum Gasteiger partial charge on any atom is 0.407 e. The van der Waals surface area contributed by atoms with Gasteiger partial charge in [0.15, 0.2) is 0 Å². The van der Waals surface area contributed by atoms with E-state index < -0.39 is 24.3 Å². The Morgan fingerprint density at radius 3 is 1.88 bits per heavy atom. The summed E-state index contributed by atoms with van der Waals surface area (Å²) in [7, 11) is 2.57. The van der Waals surface area contributed by atoms with E-state index in [1.165, 1.54) is 14.2 Å². The van der Waals surface area contributed by atoms with Crippen LogP contribution in [0.1, 0.15) is 76.6 Å². The van der Waals surface area contributed by atoms with Crippen molar-refractivity contribution >= 4 is 34.9 Å². The van der Waals surface area contributed by atoms with Gasteiger partial charge in [-0.3, -0.25) is 14.6 Å². The van der Waals surface area contributed by atoms with Crippen LogP contribution in [0.3, 0.4) is 0 Å². The lowest BCUT2D eigenvalue weighted by Gasteiger charge is -2.30. The molecule has 0 aliphatic carbocycles. The highest BCUT2D eigenvalue weighted by molar-refractivity contribution is 5.88. The molecule has 15 nitrogen and oxygen atoms in total. The standard InChI is InChI=1S/C42H49N9O6/c1-6-30(48-41(54)56-4)39(52)50-17-7-9-34(50)37-45-23-33(47-37)28-16-15-27-19-29(21-43-31(27)20-28)25-11-13-26(14-12-25)32-22-44-38(46-32)35-10-8-18-51(35)40(53)36(24(2)3)49-42(55)57-5/h11-16,19-24,30,34-36H,6-10,17-18H2,1-5H3,(H,44,46)(H,45,47)(H,48,54)(H,49,55)/t30-,34?,35-,36-/m0/s1. The summed E-state index contributed by atoms with van der Waals surface area (Å²) in [5.41, 5.74) is 6.41. The normalized spacial score (nSPS) is 17.8. The number of carbonyl (C=O) groups is 4. The lowest BCUT2D eigenvalue weighted by molar-refractivity contribution is -0.135. The average Bonchev–Trinajstić information content (AvgIpc) is 4.07. The average molecular weight is 776 g/mol. The van der Waals surface area contributed by atoms with Crippen LogP contribution in [0, 0.1) is 5.92 Å². The molecule has 4 N–H and O–H groups in total. The maximum absolute atomic E-state index is 13.5. The lowest BCUT2D eigenvalue weighted by atomic mass is 10.0. The largest absolute Gasteiger partial charge is 0.453 e. The molecule has 7 rings (SSSR count). The van der Waals surface area contributed by atoms with E-state index in [2.05, 4.69) is 48.8 Å². The zero-order valence-electron chi connectivity index (χ0n) is 32.9. The molecule has 2 aliphatic rings. The minimum atomic E-state index is -0.691. The number of carbonyl (C=O) groups excluding carboxylic acids is 4. The van der Waals surface area contributed by atoms with Gasteiger partial charge < -0.3 is 39.9 Å². The monoisotopic (exact) mass is 775 g/mol. The summed E-state index contributed by atoms with van der Waals surface area (Å²) in [6, 6.07) is 14.6. The number of amides is 4. The fraction of sp³-hybridized carbons (Fsp3) is 0.405. The first-order valence-electron chi connectivity index (χ1n) is 19.5. The van der Waals surface area contributed by atoms with Gasteiger partial charge in [0, 0.05) is 35.8 Å². The van der Waals surface area contributed by atoms with Gasteiger partial charge in [0.25, 0.3) is 0 Å². The number of aromatic amines is 2. The van der Waals surface area contributed by atoms with E-state index in [1.54, 1.807) is 22.2 Å². The number of nitrogens with zero attached hydrogens (tertiary/aromatic N) is 5. The highest BCUT2D eigenvalue weighted by atomic mass is 16.5. The Hall–Kier alpha value is -6.25. The first-order valence-corrected chi connectivity index (χ1v) is 19.5. The van der Waals surface area contributed by atoms with Crippen molar-refractivity contribution in [3.63, 3.8) is 0 Å². The number of imidazole rings is 2. The van der Waals surface area contributed by atoms with Crippen molar-refractivity contribution in [1.29, 1.82) is 0 Å². The van der Waals surface area contributed by atoms with Crippen molar-refractivity contribution < 1.29 is 28.7 Å². The van der Waals surface area contributed by atoms with Crippen LogP contribution in [0.4, 0.5) is 9.59 Å². The number of pyridine rings is 1. The summed E-state index contributed by atoms with van der Waals surface area (Å²) in [5, 5.41) is 6.33. The molecule has 4 amide bonds. The summed E-state index contributed by atoms with van der Waals surface area (Å²) in [6.45, 7) is 6.84. The summed E-state index contributed by atoms with van der Waals surface area (Å²) < 4.78 is 9.47. The Balaban J connectivity index is 1.02. The van der Waals surface area contributed by atoms with E-state index in [0.717, 1.165) is 76.1 Å². The van der Waals surface area contributed by atoms with Gasteiger partial charge in [0.2, 0.25) is 11.8 Å². The molecule has 5 heterocycles. The highest BCUT2D eigenvalue weighted by Gasteiger charge is 2.38. The third-order valence-corrected chi connectivity index (χ3v) is 11.0. The summed E-state index contributed by atoms with van der Waals surface area (Å²) in [6.07, 6.45) is 7.90. The molecule has 1 unspecified atom stereocenters. The van der Waals surface area contributed by atoms with Crippen LogP contribution in [0.2, 0.25) is 0 Å². The first-order chi connectivity index (χ1) is 27.6. The van der Waals surface area contributed by atoms with Crippen LogP contribution in [0.25, 0.3) is 44.5 Å². The van der Waals surface area contributed by atoms with Crippen molar-refractivity contribution in [2.45, 2.75) is 77.0 Å². The second kappa shape index (κ2) is 16.9. The van der Waals surface area contributed by atoms with Gasteiger partial charge in [-0.1, -0.05) is 57.2 Å². The number of benzene rings is 2. The minimum Gasteiger partial charge on any atom is -0.453 e. The Morgan fingerprint density at radius 2 is 1.28 bits per heavy atom. The molecule has 0 saturated carbocycles. The molecule has 5 aromatic rings. The van der Waals surface area contributed by atoms with Gasteiger partial charge in [0.1, 0.15) is 23.7 Å². The molecule has 4 atom stereocenters. The summed E-state index contributed by atoms with van der Waals surface area (Å²) >= 11 is 0. The molecule has 2 fully saturated rings. The Morgan fingerprint density at radius 1 is 0.719 bits per heavy atom. The van der Waals surface area contributed by atoms with Crippen LogP contribution >= 0.6 is 0 Å². The third kappa shape index (κ3) is 8.18. The molecule has 0 bridgehead atoms. The van der Waals surface area contributed by atoms with Gasteiger partial charge in [-0.05, 0) is 61.3 Å². The number of H-pyrrole nitrogens is 2. The fourth-order valence-corrected chi connectivity index (χ4v) is 7.84. The summed E-state index contributed by atoms with van der Waals surface area (Å²) in [5.74, 6) is 1.03. The quantitative estimate of drug-likeness (QED) is 0.116. The van der Waals surface area contributed by atoms with E-state index in [4.69, 9.17) is 14.5 Å². The van der Waals surface area contributed by atoms with E-state index in [9.17, 15) is 19.2 Å². The van der Waals surface area contributed by atoms with Gasteiger partial charge in [0.05, 0.1) is 55.6 Å². The van der Waals surface area contributed by atoms with Crippen LogP contribution in [-0.4, -0.2) is 98.1 Å². The van der Waals surface area contributed by atoms with Gasteiger partial charge in [-0.2, -0.15) is 0 Å². The molecule has 57 heavy (non-hydrogen) atoms. The smallest absolute Gasteiger partial charge is 0.407 e. The maximum atomic E-state index is 13.5. The van der Waals surface area contributed by atoms with Crippen LogP contribution < -0.4 is 10.6 Å². The van der Waals surface area contributed by atoms with Crippen molar-refractivity contribution in [3.8, 4) is 33.6 Å². The van der Waals surface area contributed by atoms with Gasteiger partial charge >= 0.3 is 12.2 Å². The number of likely N-dealkylation sites (tertiary alicyclic amines) is 2. The molecule has 0 radical (unpaired) electrons. The molecule has 2 saturated heterocycles. The molecule has 15 heteroatoms. The lowest BCUT2D eigenvalue weighted by Crippen LogP contribution is -2.51. The molecule has 3 aromatic heterocycles. The number of aromatic nitrogens is 5. The SMILES string of the molecule is CC[C@H](NC(=O)OC)C(=O)N1CCCC1c1ncc(-c2ccc3cc(-c4ccc(-c5cnc([C@@H]6CCCN6C(=O)[C@@H](NC(=O)OC)C(C)C)[nH]5)cc4)cnc3c2)[nH]1. The number of hydrogen-bond donors (Lipinski definition) is 4. The number of nitrogens with one attached hydrogen (secondary N) is 4. The Kier molecular flexibility index (Phi) is 11.5. The van der Waals surface area contributed by atoms with E-state index >= 15 is 0 Å². The fourth-order valence-electron chi connectivity index (χ4n) is 7.84. The Labute approximate surface area is 331 Å². The number of rotatable bonds is 11. The highest BCUT2D eigenvalue weighted by Crippen LogP contribution is 2.35. The van der Waals surface area contributed by atoms with E-state index in [-0.39, 0.29) is 29.8 Å². The topological polar surface area (TPSA) is 188 Å². The van der Waals surface area contributed by atoms with Crippen molar-refractivity contribution in [3.05, 3.63) is 78.8 Å². The molecule has 2 aliphatic heterocycles. The molecule has 0 spiro atoms. The van der Waals surface area contributed by atoms with E-state index in [0.29, 0.717) is 25.3 Å². The third-order valence-electron chi connectivity index (χ3n) is 11.0. The molecule has 298 valence electrons. The first kappa shape index (κ1) is 39.0. The number of fused-ring (bicyclic) bond motifs is 1. The van der Waals surface area contributed by atoms with Gasteiger partial charge in [-0.15, -0.1) is 0 Å². The number of ether oxygens (including phenoxy) is 2.